The molecule has 128 valence electrons. The first-order valence-corrected chi connectivity index (χ1v) is 7.69. The van der Waals surface area contributed by atoms with Crippen LogP contribution in [0.25, 0.3) is 0 Å². The molecule has 8 heteroatoms. The summed E-state index contributed by atoms with van der Waals surface area (Å²) in [6.45, 7) is 0.529. The number of hydrogen-bond acceptors (Lipinski definition) is 4. The van der Waals surface area contributed by atoms with Gasteiger partial charge in [0.25, 0.3) is 0 Å². The summed E-state index contributed by atoms with van der Waals surface area (Å²) >= 11 is 0. The number of aryl methyl sites for hydroxylation is 3. The lowest BCUT2D eigenvalue weighted by Crippen LogP contribution is -2.28. The van der Waals surface area contributed by atoms with Crippen molar-refractivity contribution in [2.75, 3.05) is 5.32 Å². The number of benzene rings is 1. The molecule has 1 aromatic heterocycles. The van der Waals surface area contributed by atoms with Crippen molar-refractivity contribution in [3.63, 3.8) is 0 Å². The molecule has 0 fully saturated rings. The number of amides is 1. The lowest BCUT2D eigenvalue weighted by molar-refractivity contribution is -0.120. The molecular weight excluding hydrogens is 318 g/mol. The fourth-order valence-corrected chi connectivity index (χ4v) is 2.89. The van der Waals surface area contributed by atoms with E-state index in [-0.39, 0.29) is 17.6 Å². The Balaban J connectivity index is 1.72. The number of aromatic amines is 1. The fraction of sp³-hybridized carbons (Fsp3) is 0.438. The number of nitrogens with zero attached hydrogens (tertiary/aromatic N) is 2. The maximum atomic E-state index is 12.5. The number of carbonyl (C=O) groups is 1. The van der Waals surface area contributed by atoms with Gasteiger partial charge in [0, 0.05) is 18.0 Å². The van der Waals surface area contributed by atoms with Gasteiger partial charge in [0.15, 0.2) is 0 Å². The van der Waals surface area contributed by atoms with Crippen LogP contribution < -0.4 is 10.1 Å². The van der Waals surface area contributed by atoms with Crippen LogP contribution in [0.2, 0.25) is 0 Å². The lowest BCUT2D eigenvalue weighted by Gasteiger charge is -2.21. The highest BCUT2D eigenvalue weighted by atomic mass is 19.3. The Bertz CT molecular complexity index is 761. The van der Waals surface area contributed by atoms with Gasteiger partial charge in [-0.25, -0.2) is 0 Å². The number of H-pyrrole nitrogens is 1. The van der Waals surface area contributed by atoms with E-state index in [0.717, 1.165) is 11.4 Å². The number of fused-ring (bicyclic) bond motifs is 1. The van der Waals surface area contributed by atoms with Crippen LogP contribution in [0, 0.1) is 19.8 Å². The third-order valence-electron chi connectivity index (χ3n) is 4.24. The van der Waals surface area contributed by atoms with E-state index in [2.05, 4.69) is 25.5 Å². The minimum atomic E-state index is -2.87. The molecule has 0 unspecified atom stereocenters. The van der Waals surface area contributed by atoms with Gasteiger partial charge in [-0.2, -0.15) is 24.2 Å². The van der Waals surface area contributed by atoms with E-state index >= 15 is 0 Å². The second-order valence-electron chi connectivity index (χ2n) is 5.96. The highest BCUT2D eigenvalue weighted by Crippen LogP contribution is 2.29. The van der Waals surface area contributed by atoms with Crippen molar-refractivity contribution in [2.24, 2.45) is 5.92 Å². The van der Waals surface area contributed by atoms with Crippen molar-refractivity contribution < 1.29 is 18.3 Å². The molecule has 6 nitrogen and oxygen atoms in total. The number of carbonyl (C=O) groups excluding carboxylic acids is 1. The molecule has 1 aromatic carbocycles. The summed E-state index contributed by atoms with van der Waals surface area (Å²) in [4.78, 5) is 12.5. The number of nitrogens with one attached hydrogen (secondary N) is 2. The van der Waals surface area contributed by atoms with Crippen molar-refractivity contribution in [1.82, 2.24) is 15.4 Å². The molecule has 3 rings (SSSR count). The maximum absolute atomic E-state index is 12.5. The van der Waals surface area contributed by atoms with Gasteiger partial charge in [-0.1, -0.05) is 0 Å². The Hall–Kier alpha value is -2.51. The van der Waals surface area contributed by atoms with E-state index in [1.54, 1.807) is 19.9 Å². The Kier molecular flexibility index (Phi) is 4.46. The predicted octanol–water partition coefficient (Wildman–Crippen LogP) is 2.77. The normalized spacial score (nSPS) is 16.8. The summed E-state index contributed by atoms with van der Waals surface area (Å²) < 4.78 is 29.2. The van der Waals surface area contributed by atoms with Crippen LogP contribution in [0.3, 0.4) is 0 Å². The van der Waals surface area contributed by atoms with E-state index in [1.165, 1.54) is 6.07 Å². The maximum Gasteiger partial charge on any atom is 0.387 e. The molecule has 2 aromatic rings. The highest BCUT2D eigenvalue weighted by molar-refractivity contribution is 5.93. The molecule has 0 bridgehead atoms. The van der Waals surface area contributed by atoms with E-state index in [1.807, 2.05) is 0 Å². The Morgan fingerprint density at radius 1 is 1.29 bits per heavy atom. The molecule has 0 saturated heterocycles. The van der Waals surface area contributed by atoms with Crippen LogP contribution in [0.15, 0.2) is 12.1 Å². The molecule has 1 aliphatic rings. The second kappa shape index (κ2) is 6.54. The number of halogens is 2. The van der Waals surface area contributed by atoms with Gasteiger partial charge >= 0.3 is 6.61 Å². The number of hydrogen-bond donors (Lipinski definition) is 2. The second-order valence-corrected chi connectivity index (χ2v) is 5.96. The Morgan fingerprint density at radius 2 is 2.04 bits per heavy atom. The first kappa shape index (κ1) is 16.4. The minimum absolute atomic E-state index is 0.103. The molecule has 1 amide bonds. The lowest BCUT2D eigenvalue weighted by atomic mass is 9.89. The van der Waals surface area contributed by atoms with Gasteiger partial charge in [0.05, 0.1) is 11.4 Å². The molecule has 0 aliphatic heterocycles. The van der Waals surface area contributed by atoms with Crippen molar-refractivity contribution in [2.45, 2.75) is 39.7 Å². The van der Waals surface area contributed by atoms with Crippen LogP contribution in [0.1, 0.15) is 28.9 Å². The average molecular weight is 336 g/mol. The largest absolute Gasteiger partial charge is 0.435 e. The van der Waals surface area contributed by atoms with Gasteiger partial charge in [-0.15, -0.1) is 0 Å². The van der Waals surface area contributed by atoms with Crippen molar-refractivity contribution in [1.29, 1.82) is 0 Å². The first-order valence-electron chi connectivity index (χ1n) is 7.69. The van der Waals surface area contributed by atoms with Crippen LogP contribution >= 0.6 is 0 Å². The smallest absolute Gasteiger partial charge is 0.387 e. The predicted molar refractivity (Wildman–Crippen MR) is 83.1 cm³/mol. The van der Waals surface area contributed by atoms with E-state index in [9.17, 15) is 13.6 Å². The molecule has 0 saturated carbocycles. The van der Waals surface area contributed by atoms with Gasteiger partial charge in [0.1, 0.15) is 5.75 Å². The average Bonchev–Trinajstić information content (AvgIpc) is 2.99. The zero-order chi connectivity index (χ0) is 17.3. The topological polar surface area (TPSA) is 79.9 Å². The fourth-order valence-electron chi connectivity index (χ4n) is 2.89. The molecule has 1 atom stereocenters. The SMILES string of the molecule is Cc1cc(OC(F)F)c(C)cc1NC(=O)[C@@H]1CCc2n[nH]nc2C1. The zero-order valence-electron chi connectivity index (χ0n) is 13.4. The number of anilines is 1. The van der Waals surface area contributed by atoms with Gasteiger partial charge in [-0.3, -0.25) is 4.79 Å². The number of alkyl halides is 2. The highest BCUT2D eigenvalue weighted by Gasteiger charge is 2.27. The van der Waals surface area contributed by atoms with E-state index in [4.69, 9.17) is 0 Å². The minimum Gasteiger partial charge on any atom is -0.435 e. The van der Waals surface area contributed by atoms with Gasteiger partial charge < -0.3 is 10.1 Å². The van der Waals surface area contributed by atoms with E-state index < -0.39 is 6.61 Å². The Labute approximate surface area is 137 Å². The molecule has 1 heterocycles. The third-order valence-corrected chi connectivity index (χ3v) is 4.24. The first-order chi connectivity index (χ1) is 11.4. The standard InChI is InChI=1S/C16H18F2N4O2/c1-8-6-14(24-16(17)18)9(2)5-12(8)19-15(23)10-3-4-11-13(7-10)21-22-20-11/h5-6,10,16H,3-4,7H2,1-2H3,(H,19,23)(H,20,21,22)/t10-/m1/s1. The van der Waals surface area contributed by atoms with Gasteiger partial charge in [0.2, 0.25) is 5.91 Å². The number of rotatable bonds is 4. The molecule has 24 heavy (non-hydrogen) atoms. The molecule has 2 N–H and O–H groups in total. The van der Waals surface area contributed by atoms with Crippen LogP contribution in [-0.2, 0) is 17.6 Å². The van der Waals surface area contributed by atoms with Crippen molar-refractivity contribution >= 4 is 11.6 Å². The third kappa shape index (κ3) is 3.37. The van der Waals surface area contributed by atoms with Crippen LogP contribution in [0.5, 0.6) is 5.75 Å². The van der Waals surface area contributed by atoms with E-state index in [0.29, 0.717) is 36.1 Å². The summed E-state index contributed by atoms with van der Waals surface area (Å²) in [5.74, 6) is -0.168. The quantitative estimate of drug-likeness (QED) is 0.900. The molecule has 0 spiro atoms. The van der Waals surface area contributed by atoms with Crippen molar-refractivity contribution in [3.05, 3.63) is 34.6 Å². The van der Waals surface area contributed by atoms with Crippen LogP contribution in [0.4, 0.5) is 14.5 Å². The number of ether oxygens (including phenoxy) is 1. The molecular formula is C16H18F2N4O2. The summed E-state index contributed by atoms with van der Waals surface area (Å²) in [7, 11) is 0. The molecule has 1 aliphatic carbocycles. The summed E-state index contributed by atoms with van der Waals surface area (Å²) in [6.07, 6.45) is 1.96. The monoisotopic (exact) mass is 336 g/mol. The zero-order valence-corrected chi connectivity index (χ0v) is 13.4. The van der Waals surface area contributed by atoms with Gasteiger partial charge in [-0.05, 0) is 49.9 Å². The molecule has 0 radical (unpaired) electrons. The summed E-state index contributed by atoms with van der Waals surface area (Å²) in [6, 6.07) is 3.16. The summed E-state index contributed by atoms with van der Waals surface area (Å²) in [5.41, 5.74) is 3.56. The summed E-state index contributed by atoms with van der Waals surface area (Å²) in [5, 5.41) is 13.6. The van der Waals surface area contributed by atoms with Crippen LogP contribution in [-0.4, -0.2) is 27.9 Å². The number of aromatic nitrogens is 3. The Morgan fingerprint density at radius 3 is 2.79 bits per heavy atom. The van der Waals surface area contributed by atoms with Crippen molar-refractivity contribution in [3.8, 4) is 5.75 Å².